The summed E-state index contributed by atoms with van der Waals surface area (Å²) in [6.07, 6.45) is 6.13. The van der Waals surface area contributed by atoms with Crippen molar-refractivity contribution >= 4 is 6.41 Å². The van der Waals surface area contributed by atoms with Crippen molar-refractivity contribution in [1.82, 2.24) is 4.90 Å². The number of hydrogen-bond acceptors (Lipinski definition) is 1. The van der Waals surface area contributed by atoms with Crippen LogP contribution in [0.3, 0.4) is 0 Å². The van der Waals surface area contributed by atoms with Crippen molar-refractivity contribution in [2.45, 2.75) is 45.6 Å². The zero-order valence-corrected chi connectivity index (χ0v) is 8.12. The summed E-state index contributed by atoms with van der Waals surface area (Å²) in [7, 11) is 0. The first-order chi connectivity index (χ1) is 5.79. The minimum Gasteiger partial charge on any atom is -0.342 e. The van der Waals surface area contributed by atoms with Gasteiger partial charge in [0.15, 0.2) is 0 Å². The van der Waals surface area contributed by atoms with Gasteiger partial charge >= 0.3 is 0 Å². The van der Waals surface area contributed by atoms with Crippen LogP contribution in [-0.2, 0) is 4.79 Å². The highest BCUT2D eigenvalue weighted by Gasteiger charge is 2.24. The molecule has 0 saturated heterocycles. The van der Waals surface area contributed by atoms with E-state index in [2.05, 4.69) is 13.8 Å². The summed E-state index contributed by atoms with van der Waals surface area (Å²) >= 11 is 0. The average molecular weight is 169 g/mol. The molecule has 0 aliphatic heterocycles. The Morgan fingerprint density at radius 2 is 2.08 bits per heavy atom. The molecular weight excluding hydrogens is 150 g/mol. The molecule has 1 aliphatic carbocycles. The van der Waals surface area contributed by atoms with Gasteiger partial charge in [0, 0.05) is 12.6 Å². The lowest BCUT2D eigenvalue weighted by Crippen LogP contribution is -2.40. The molecule has 0 N–H and O–H groups in total. The van der Waals surface area contributed by atoms with Crippen molar-refractivity contribution in [3.05, 3.63) is 0 Å². The van der Waals surface area contributed by atoms with Crippen molar-refractivity contribution in [2.75, 3.05) is 6.54 Å². The van der Waals surface area contributed by atoms with Gasteiger partial charge in [-0.3, -0.25) is 4.79 Å². The fraction of sp³-hybridized carbons (Fsp3) is 0.900. The molecule has 2 nitrogen and oxygen atoms in total. The standard InChI is InChI=1S/C10H19NO/c1-3-11(8-12)10-7-5-4-6-9(10)2/h8-10H,3-7H2,1-2H3. The molecule has 1 rings (SSSR count). The number of carbonyl (C=O) groups excluding carboxylic acids is 1. The molecule has 0 aromatic rings. The van der Waals surface area contributed by atoms with Crippen LogP contribution in [0.15, 0.2) is 0 Å². The fourth-order valence-corrected chi connectivity index (χ4v) is 2.18. The lowest BCUT2D eigenvalue weighted by molar-refractivity contribution is -0.121. The molecule has 1 saturated carbocycles. The van der Waals surface area contributed by atoms with Crippen molar-refractivity contribution < 1.29 is 4.79 Å². The van der Waals surface area contributed by atoms with Crippen molar-refractivity contribution in [3.63, 3.8) is 0 Å². The highest BCUT2D eigenvalue weighted by atomic mass is 16.1. The molecule has 1 amide bonds. The Morgan fingerprint density at radius 3 is 2.58 bits per heavy atom. The normalized spacial score (nSPS) is 29.8. The lowest BCUT2D eigenvalue weighted by atomic mass is 9.85. The first-order valence-electron chi connectivity index (χ1n) is 5.00. The van der Waals surface area contributed by atoms with Crippen LogP contribution in [0.25, 0.3) is 0 Å². The van der Waals surface area contributed by atoms with Gasteiger partial charge < -0.3 is 4.90 Å². The number of amides is 1. The van der Waals surface area contributed by atoms with Crippen molar-refractivity contribution in [3.8, 4) is 0 Å². The summed E-state index contributed by atoms with van der Waals surface area (Å²) < 4.78 is 0. The molecule has 70 valence electrons. The van der Waals surface area contributed by atoms with Crippen molar-refractivity contribution in [2.24, 2.45) is 5.92 Å². The van der Waals surface area contributed by atoms with Gasteiger partial charge in [-0.2, -0.15) is 0 Å². The molecule has 1 fully saturated rings. The van der Waals surface area contributed by atoms with Gasteiger partial charge in [0.1, 0.15) is 0 Å². The fourth-order valence-electron chi connectivity index (χ4n) is 2.18. The van der Waals surface area contributed by atoms with E-state index in [4.69, 9.17) is 0 Å². The minimum atomic E-state index is 0.515. The van der Waals surface area contributed by atoms with Crippen LogP contribution in [-0.4, -0.2) is 23.9 Å². The molecule has 0 radical (unpaired) electrons. The van der Waals surface area contributed by atoms with E-state index >= 15 is 0 Å². The van der Waals surface area contributed by atoms with Gasteiger partial charge in [0.25, 0.3) is 0 Å². The quantitative estimate of drug-likeness (QED) is 0.592. The van der Waals surface area contributed by atoms with Gasteiger partial charge in [-0.25, -0.2) is 0 Å². The smallest absolute Gasteiger partial charge is 0.209 e. The zero-order chi connectivity index (χ0) is 8.97. The molecule has 2 heteroatoms. The van der Waals surface area contributed by atoms with E-state index in [1.54, 1.807) is 0 Å². The molecule has 0 aromatic carbocycles. The molecule has 1 aliphatic rings. The maximum Gasteiger partial charge on any atom is 0.209 e. The summed E-state index contributed by atoms with van der Waals surface area (Å²) in [6.45, 7) is 5.17. The first kappa shape index (κ1) is 9.56. The maximum atomic E-state index is 10.7. The van der Waals surface area contributed by atoms with E-state index in [1.165, 1.54) is 25.7 Å². The van der Waals surface area contributed by atoms with Gasteiger partial charge in [-0.05, 0) is 25.7 Å². The van der Waals surface area contributed by atoms with E-state index in [-0.39, 0.29) is 0 Å². The highest BCUT2D eigenvalue weighted by molar-refractivity contribution is 5.47. The van der Waals surface area contributed by atoms with E-state index in [9.17, 15) is 4.79 Å². The van der Waals surface area contributed by atoms with E-state index in [1.807, 2.05) is 4.90 Å². The number of carbonyl (C=O) groups is 1. The Labute approximate surface area is 74.9 Å². The van der Waals surface area contributed by atoms with Crippen LogP contribution in [0.5, 0.6) is 0 Å². The largest absolute Gasteiger partial charge is 0.342 e. The third-order valence-corrected chi connectivity index (χ3v) is 2.99. The maximum absolute atomic E-state index is 10.7. The summed E-state index contributed by atoms with van der Waals surface area (Å²) in [6, 6.07) is 0.515. The molecule has 0 heterocycles. The van der Waals surface area contributed by atoms with Crippen LogP contribution in [0, 0.1) is 5.92 Å². The summed E-state index contributed by atoms with van der Waals surface area (Å²) in [5, 5.41) is 0. The summed E-state index contributed by atoms with van der Waals surface area (Å²) in [4.78, 5) is 12.7. The molecular formula is C10H19NO. The van der Waals surface area contributed by atoms with E-state index in [0.717, 1.165) is 13.0 Å². The zero-order valence-electron chi connectivity index (χ0n) is 8.12. The molecule has 2 atom stereocenters. The molecule has 12 heavy (non-hydrogen) atoms. The van der Waals surface area contributed by atoms with E-state index < -0.39 is 0 Å². The van der Waals surface area contributed by atoms with Crippen LogP contribution in [0.1, 0.15) is 39.5 Å². The van der Waals surface area contributed by atoms with Crippen LogP contribution >= 0.6 is 0 Å². The second-order valence-corrected chi connectivity index (χ2v) is 3.76. The Bertz CT molecular complexity index is 147. The molecule has 0 spiro atoms. The SMILES string of the molecule is CCN(C=O)C1CCCCC1C. The predicted molar refractivity (Wildman–Crippen MR) is 49.9 cm³/mol. The minimum absolute atomic E-state index is 0.515. The van der Waals surface area contributed by atoms with Gasteiger partial charge in [-0.15, -0.1) is 0 Å². The van der Waals surface area contributed by atoms with Gasteiger partial charge in [-0.1, -0.05) is 19.8 Å². The second-order valence-electron chi connectivity index (χ2n) is 3.76. The van der Waals surface area contributed by atoms with E-state index in [0.29, 0.717) is 12.0 Å². The number of hydrogen-bond donors (Lipinski definition) is 0. The Morgan fingerprint density at radius 1 is 1.42 bits per heavy atom. The molecule has 2 unspecified atom stereocenters. The number of nitrogens with zero attached hydrogens (tertiary/aromatic N) is 1. The highest BCUT2D eigenvalue weighted by Crippen LogP contribution is 2.27. The van der Waals surface area contributed by atoms with Crippen LogP contribution in [0.4, 0.5) is 0 Å². The summed E-state index contributed by atoms with van der Waals surface area (Å²) in [5.74, 6) is 0.698. The topological polar surface area (TPSA) is 20.3 Å². The Kier molecular flexibility index (Phi) is 3.57. The third kappa shape index (κ3) is 1.99. The second kappa shape index (κ2) is 4.48. The average Bonchev–Trinajstić information content (AvgIpc) is 2.10. The Hall–Kier alpha value is -0.530. The van der Waals surface area contributed by atoms with Gasteiger partial charge in [0.05, 0.1) is 0 Å². The monoisotopic (exact) mass is 169 g/mol. The third-order valence-electron chi connectivity index (χ3n) is 2.99. The summed E-state index contributed by atoms with van der Waals surface area (Å²) in [5.41, 5.74) is 0. The van der Waals surface area contributed by atoms with Crippen molar-refractivity contribution in [1.29, 1.82) is 0 Å². The Balaban J connectivity index is 2.51. The van der Waals surface area contributed by atoms with Gasteiger partial charge in [0.2, 0.25) is 6.41 Å². The number of rotatable bonds is 3. The first-order valence-corrected chi connectivity index (χ1v) is 5.00. The lowest BCUT2D eigenvalue weighted by Gasteiger charge is -2.35. The van der Waals surface area contributed by atoms with Crippen LogP contribution < -0.4 is 0 Å². The predicted octanol–water partition coefficient (Wildman–Crippen LogP) is 2.04. The molecule has 0 bridgehead atoms. The molecule has 0 aromatic heterocycles. The van der Waals surface area contributed by atoms with Crippen LogP contribution in [0.2, 0.25) is 0 Å².